The van der Waals surface area contributed by atoms with Crippen molar-refractivity contribution in [3.63, 3.8) is 0 Å². The predicted octanol–water partition coefficient (Wildman–Crippen LogP) is 3.87. The molecule has 0 spiro atoms. The van der Waals surface area contributed by atoms with Crippen LogP contribution in [0.5, 0.6) is 0 Å². The van der Waals surface area contributed by atoms with Gasteiger partial charge in [-0.15, -0.1) is 0 Å². The van der Waals surface area contributed by atoms with Gasteiger partial charge in [-0.1, -0.05) is 36.5 Å². The summed E-state index contributed by atoms with van der Waals surface area (Å²) in [4.78, 5) is 17.8. The topological polar surface area (TPSA) is 68.5 Å². The molecule has 0 N–H and O–H groups in total. The Balaban J connectivity index is 2.22. The predicted molar refractivity (Wildman–Crippen MR) is 109 cm³/mol. The van der Waals surface area contributed by atoms with Gasteiger partial charge in [0.05, 0.1) is 26.4 Å². The molecule has 1 amide bonds. The first kappa shape index (κ1) is 19.5. The van der Waals surface area contributed by atoms with Gasteiger partial charge in [0.15, 0.2) is 14.6 Å². The van der Waals surface area contributed by atoms with Crippen molar-refractivity contribution in [3.8, 4) is 0 Å². The Morgan fingerprint density at radius 3 is 2.52 bits per heavy atom. The molecule has 3 aromatic rings. The molecule has 1 heterocycles. The van der Waals surface area contributed by atoms with E-state index in [0.29, 0.717) is 11.3 Å². The number of benzene rings is 2. The summed E-state index contributed by atoms with van der Waals surface area (Å²) in [5.41, 5.74) is 3.45. The standard InChI is InChI=1S/C20H22N2O3S2/c1-5-22-16-12-13(3)11-14(4)18(16)26-20(22)21-19(23)15-9-7-8-10-17(15)27(24,25)6-2/h7-12H,5-6H2,1-4H3. The number of aromatic nitrogens is 1. The van der Waals surface area contributed by atoms with Crippen LogP contribution in [0.2, 0.25) is 0 Å². The van der Waals surface area contributed by atoms with Gasteiger partial charge in [0.25, 0.3) is 5.91 Å². The second-order valence-corrected chi connectivity index (χ2v) is 9.60. The molecule has 142 valence electrons. The first-order valence-electron chi connectivity index (χ1n) is 8.80. The van der Waals surface area contributed by atoms with Gasteiger partial charge in [-0.25, -0.2) is 8.42 Å². The number of aryl methyl sites for hydroxylation is 3. The Labute approximate surface area is 162 Å². The highest BCUT2D eigenvalue weighted by Gasteiger charge is 2.20. The maximum atomic E-state index is 12.9. The van der Waals surface area contributed by atoms with Crippen LogP contribution in [0, 0.1) is 13.8 Å². The van der Waals surface area contributed by atoms with Gasteiger partial charge in [-0.3, -0.25) is 4.79 Å². The number of carbonyl (C=O) groups is 1. The number of rotatable bonds is 4. The van der Waals surface area contributed by atoms with Gasteiger partial charge >= 0.3 is 0 Å². The van der Waals surface area contributed by atoms with Crippen LogP contribution in [0.1, 0.15) is 35.3 Å². The minimum absolute atomic E-state index is 0.0393. The van der Waals surface area contributed by atoms with Crippen LogP contribution >= 0.6 is 11.3 Å². The number of fused-ring (bicyclic) bond motifs is 1. The van der Waals surface area contributed by atoms with Gasteiger partial charge < -0.3 is 4.57 Å². The number of thiazole rings is 1. The monoisotopic (exact) mass is 402 g/mol. The molecule has 7 heteroatoms. The van der Waals surface area contributed by atoms with Crippen molar-refractivity contribution in [2.45, 2.75) is 39.1 Å². The first-order valence-corrected chi connectivity index (χ1v) is 11.3. The third kappa shape index (κ3) is 3.61. The fraction of sp³-hybridized carbons (Fsp3) is 0.300. The van der Waals surface area contributed by atoms with Crippen LogP contribution in [0.3, 0.4) is 0 Å². The molecule has 0 radical (unpaired) electrons. The van der Waals surface area contributed by atoms with Crippen LogP contribution < -0.4 is 4.80 Å². The average Bonchev–Trinajstić information content (AvgIpc) is 2.99. The van der Waals surface area contributed by atoms with Crippen LogP contribution in [-0.4, -0.2) is 24.6 Å². The van der Waals surface area contributed by atoms with E-state index in [2.05, 4.69) is 17.1 Å². The lowest BCUT2D eigenvalue weighted by atomic mass is 10.1. The molecule has 0 fully saturated rings. The van der Waals surface area contributed by atoms with E-state index in [4.69, 9.17) is 0 Å². The van der Waals surface area contributed by atoms with E-state index in [1.165, 1.54) is 23.5 Å². The Bertz CT molecular complexity index is 1200. The molecule has 3 rings (SSSR count). The Kier molecular flexibility index (Phi) is 5.35. The third-order valence-electron chi connectivity index (χ3n) is 4.46. The van der Waals surface area contributed by atoms with E-state index in [-0.39, 0.29) is 16.2 Å². The Morgan fingerprint density at radius 2 is 1.85 bits per heavy atom. The van der Waals surface area contributed by atoms with Crippen molar-refractivity contribution in [3.05, 3.63) is 57.9 Å². The molecular weight excluding hydrogens is 380 g/mol. The summed E-state index contributed by atoms with van der Waals surface area (Å²) in [6.07, 6.45) is 0. The molecule has 2 aromatic carbocycles. The van der Waals surface area contributed by atoms with Gasteiger partial charge in [0.1, 0.15) is 0 Å². The van der Waals surface area contributed by atoms with Gasteiger partial charge in [0, 0.05) is 6.54 Å². The highest BCUT2D eigenvalue weighted by atomic mass is 32.2. The first-order chi connectivity index (χ1) is 12.8. The molecule has 0 saturated heterocycles. The molecule has 0 aliphatic heterocycles. The number of nitrogens with zero attached hydrogens (tertiary/aromatic N) is 2. The summed E-state index contributed by atoms with van der Waals surface area (Å²) >= 11 is 1.45. The van der Waals surface area contributed by atoms with Crippen molar-refractivity contribution < 1.29 is 13.2 Å². The third-order valence-corrected chi connectivity index (χ3v) is 7.48. The number of sulfone groups is 1. The SMILES string of the molecule is CCn1c(=NC(=O)c2ccccc2S(=O)(=O)CC)sc2c(C)cc(C)cc21. The maximum absolute atomic E-state index is 12.9. The summed E-state index contributed by atoms with van der Waals surface area (Å²) < 4.78 is 27.7. The van der Waals surface area contributed by atoms with E-state index in [1.54, 1.807) is 19.1 Å². The van der Waals surface area contributed by atoms with Crippen molar-refractivity contribution in [1.29, 1.82) is 0 Å². The quantitative estimate of drug-likeness (QED) is 0.665. The highest BCUT2D eigenvalue weighted by Crippen LogP contribution is 2.24. The van der Waals surface area contributed by atoms with E-state index in [0.717, 1.165) is 21.3 Å². The molecule has 0 aliphatic carbocycles. The highest BCUT2D eigenvalue weighted by molar-refractivity contribution is 7.91. The molecular formula is C20H22N2O3S2. The van der Waals surface area contributed by atoms with Gasteiger partial charge in [-0.05, 0) is 50.1 Å². The fourth-order valence-electron chi connectivity index (χ4n) is 3.12. The van der Waals surface area contributed by atoms with Crippen LogP contribution in [-0.2, 0) is 16.4 Å². The molecule has 5 nitrogen and oxygen atoms in total. The van der Waals surface area contributed by atoms with E-state index >= 15 is 0 Å². The number of hydrogen-bond acceptors (Lipinski definition) is 4. The summed E-state index contributed by atoms with van der Waals surface area (Å²) in [6.45, 7) is 8.32. The molecule has 0 unspecified atom stereocenters. The largest absolute Gasteiger partial charge is 0.317 e. The van der Waals surface area contributed by atoms with E-state index in [9.17, 15) is 13.2 Å². The molecule has 1 aromatic heterocycles. The smallest absolute Gasteiger partial charge is 0.280 e. The van der Waals surface area contributed by atoms with Crippen LogP contribution in [0.15, 0.2) is 46.3 Å². The van der Waals surface area contributed by atoms with Crippen molar-refractivity contribution in [1.82, 2.24) is 4.57 Å². The lowest BCUT2D eigenvalue weighted by Crippen LogP contribution is -2.17. The van der Waals surface area contributed by atoms with Crippen molar-refractivity contribution >= 4 is 37.3 Å². The van der Waals surface area contributed by atoms with E-state index in [1.807, 2.05) is 25.3 Å². The molecule has 0 aliphatic rings. The second-order valence-electron chi connectivity index (χ2n) is 6.38. The zero-order valence-corrected chi connectivity index (χ0v) is 17.4. The van der Waals surface area contributed by atoms with Gasteiger partial charge in [0.2, 0.25) is 0 Å². The molecule has 0 atom stereocenters. The normalized spacial score (nSPS) is 12.7. The average molecular weight is 403 g/mol. The summed E-state index contributed by atoms with van der Waals surface area (Å²) in [7, 11) is -3.50. The number of amides is 1. The van der Waals surface area contributed by atoms with Gasteiger partial charge in [-0.2, -0.15) is 4.99 Å². The lowest BCUT2D eigenvalue weighted by Gasteiger charge is -2.06. The molecule has 0 saturated carbocycles. The van der Waals surface area contributed by atoms with Crippen molar-refractivity contribution in [2.24, 2.45) is 4.99 Å². The summed E-state index contributed by atoms with van der Waals surface area (Å²) in [5.74, 6) is -0.598. The van der Waals surface area contributed by atoms with E-state index < -0.39 is 15.7 Å². The zero-order valence-electron chi connectivity index (χ0n) is 15.8. The maximum Gasteiger partial charge on any atom is 0.280 e. The number of hydrogen-bond donors (Lipinski definition) is 0. The number of carbonyl (C=O) groups excluding carboxylic acids is 1. The minimum Gasteiger partial charge on any atom is -0.317 e. The minimum atomic E-state index is -3.50. The van der Waals surface area contributed by atoms with Crippen LogP contribution in [0.25, 0.3) is 10.2 Å². The van der Waals surface area contributed by atoms with Crippen LogP contribution in [0.4, 0.5) is 0 Å². The molecule has 0 bridgehead atoms. The molecule has 27 heavy (non-hydrogen) atoms. The zero-order chi connectivity index (χ0) is 19.8. The summed E-state index contributed by atoms with van der Waals surface area (Å²) in [5, 5.41) is 0. The summed E-state index contributed by atoms with van der Waals surface area (Å²) in [6, 6.07) is 10.5. The Hall–Kier alpha value is -2.25. The second kappa shape index (κ2) is 7.40. The fourth-order valence-corrected chi connectivity index (χ4v) is 5.35. The Morgan fingerprint density at radius 1 is 1.15 bits per heavy atom. The lowest BCUT2D eigenvalue weighted by molar-refractivity contribution is 0.0994. The van der Waals surface area contributed by atoms with Crippen molar-refractivity contribution in [2.75, 3.05) is 5.75 Å².